The molecular formula is C40H55N9O10. The van der Waals surface area contributed by atoms with E-state index < -0.39 is 96.0 Å². The summed E-state index contributed by atoms with van der Waals surface area (Å²) < 4.78 is 0. The Morgan fingerprint density at radius 2 is 1.53 bits per heavy atom. The molecule has 0 aliphatic carbocycles. The first-order valence-electron chi connectivity index (χ1n) is 19.7. The van der Waals surface area contributed by atoms with Crippen molar-refractivity contribution in [3.05, 3.63) is 54.2 Å². The summed E-state index contributed by atoms with van der Waals surface area (Å²) in [5, 5.41) is 33.6. The van der Waals surface area contributed by atoms with Crippen molar-refractivity contribution >= 4 is 58.3 Å². The highest BCUT2D eigenvalue weighted by Gasteiger charge is 2.41. The van der Waals surface area contributed by atoms with Gasteiger partial charge >= 0.3 is 11.9 Å². The monoisotopic (exact) mass is 821 g/mol. The van der Waals surface area contributed by atoms with E-state index in [4.69, 9.17) is 0 Å². The number of carboxylic acid groups (broad SMARTS) is 2. The van der Waals surface area contributed by atoms with Crippen molar-refractivity contribution < 1.29 is 48.6 Å². The van der Waals surface area contributed by atoms with E-state index in [1.165, 1.54) is 24.3 Å². The first-order valence-corrected chi connectivity index (χ1v) is 19.7. The zero-order valence-corrected chi connectivity index (χ0v) is 33.9. The highest BCUT2D eigenvalue weighted by atomic mass is 16.4. The van der Waals surface area contributed by atoms with Crippen LogP contribution in [0.1, 0.15) is 78.0 Å². The first-order chi connectivity index (χ1) is 28.0. The molecule has 19 nitrogen and oxygen atoms in total. The molecular weight excluding hydrogens is 766 g/mol. The van der Waals surface area contributed by atoms with Gasteiger partial charge in [0.25, 0.3) is 0 Å². The molecule has 1 aromatic carbocycles. The molecule has 59 heavy (non-hydrogen) atoms. The lowest BCUT2D eigenvalue weighted by Crippen LogP contribution is -2.60. The van der Waals surface area contributed by atoms with Gasteiger partial charge in [-0.1, -0.05) is 52.3 Å². The number of H-pyrrole nitrogens is 2. The van der Waals surface area contributed by atoms with Crippen LogP contribution in [0.15, 0.2) is 43.0 Å². The Bertz CT molecular complexity index is 1980. The minimum Gasteiger partial charge on any atom is -0.481 e. The zero-order valence-electron chi connectivity index (χ0n) is 33.9. The lowest BCUT2D eigenvalue weighted by molar-refractivity contribution is -0.146. The number of aromatic nitrogens is 3. The molecule has 320 valence electrons. The Morgan fingerprint density at radius 1 is 0.847 bits per heavy atom. The number of carboxylic acids is 2. The fourth-order valence-corrected chi connectivity index (χ4v) is 7.13. The molecule has 7 atom stereocenters. The topological polar surface area (TPSA) is 285 Å². The molecule has 0 spiro atoms. The van der Waals surface area contributed by atoms with Gasteiger partial charge in [0.1, 0.15) is 36.3 Å². The minimum atomic E-state index is -1.63. The SMILES string of the molecule is CC[C@H](C)[C@H](NC(=O)[C@@H]1CCCN1C(=O)[C@H](CC(=O)O)NC(=O)[C@H](CC(C)C)NC(=O)[C@H](Cc1cnc[nH]1)NC(C)=O)C(=O)N[C@@H](Cc1c[nH]c2ccccc12)C(=O)O. The standard InChI is InChI=1S/C40H55N9O10/c1-6-22(4)34(38(56)47-31(40(58)59)15-24-18-42-27-11-8-7-10-26(24)27)48-37(55)32-12-9-13-49(32)39(57)30(17-33(51)52)46-35(53)28(14-21(2)3)45-36(54)29(44-23(5)50)16-25-19-41-20-43-25/h7-8,10-11,18-22,28-32,34,42H,6,9,12-17H2,1-5H3,(H,41,43)(H,44,50)(H,45,54)(H,46,53)(H,47,56)(H,48,55)(H,51,52)(H,58,59)/t22-,28-,29-,30-,31-,32-,34-/m0/s1. The predicted molar refractivity (Wildman–Crippen MR) is 213 cm³/mol. The van der Waals surface area contributed by atoms with Gasteiger partial charge in [0.2, 0.25) is 35.4 Å². The summed E-state index contributed by atoms with van der Waals surface area (Å²) in [6, 6.07) is -0.266. The number of aliphatic carboxylic acids is 2. The number of para-hydroxylation sites is 1. The van der Waals surface area contributed by atoms with E-state index in [0.717, 1.165) is 10.9 Å². The number of carbonyl (C=O) groups excluding carboxylic acids is 6. The summed E-state index contributed by atoms with van der Waals surface area (Å²) in [7, 11) is 0. The number of hydrogen-bond acceptors (Lipinski definition) is 9. The maximum atomic E-state index is 14.1. The summed E-state index contributed by atoms with van der Waals surface area (Å²) >= 11 is 0. The summed E-state index contributed by atoms with van der Waals surface area (Å²) in [6.07, 6.45) is 4.80. The van der Waals surface area contributed by atoms with Crippen LogP contribution in [0, 0.1) is 11.8 Å². The van der Waals surface area contributed by atoms with Crippen LogP contribution >= 0.6 is 0 Å². The smallest absolute Gasteiger partial charge is 0.326 e. The van der Waals surface area contributed by atoms with Gasteiger partial charge in [-0.25, -0.2) is 9.78 Å². The van der Waals surface area contributed by atoms with E-state index in [1.54, 1.807) is 33.9 Å². The number of carbonyl (C=O) groups is 8. The van der Waals surface area contributed by atoms with Crippen LogP contribution in [-0.4, -0.2) is 120 Å². The third-order valence-electron chi connectivity index (χ3n) is 10.4. The van der Waals surface area contributed by atoms with Crippen molar-refractivity contribution in [3.8, 4) is 0 Å². The van der Waals surface area contributed by atoms with Gasteiger partial charge in [0, 0.05) is 55.3 Å². The van der Waals surface area contributed by atoms with Crippen LogP contribution < -0.4 is 26.6 Å². The number of imidazole rings is 1. The molecule has 6 amide bonds. The molecule has 9 N–H and O–H groups in total. The lowest BCUT2D eigenvalue weighted by Gasteiger charge is -2.31. The second-order valence-corrected chi connectivity index (χ2v) is 15.4. The Labute approximate surface area is 341 Å². The Hall–Kier alpha value is -6.27. The predicted octanol–water partition coefficient (Wildman–Crippen LogP) is 0.763. The van der Waals surface area contributed by atoms with Crippen LogP contribution in [0.4, 0.5) is 0 Å². The van der Waals surface area contributed by atoms with Gasteiger partial charge in [-0.3, -0.25) is 33.6 Å². The average molecular weight is 822 g/mol. The van der Waals surface area contributed by atoms with E-state index in [9.17, 15) is 48.6 Å². The summed E-state index contributed by atoms with van der Waals surface area (Å²) in [5.74, 6) is -7.59. The second-order valence-electron chi connectivity index (χ2n) is 15.4. The quantitative estimate of drug-likeness (QED) is 0.0723. The van der Waals surface area contributed by atoms with Gasteiger partial charge in [-0.05, 0) is 42.7 Å². The molecule has 19 heteroatoms. The Kier molecular flexibility index (Phi) is 16.1. The second kappa shape index (κ2) is 20.9. The molecule has 1 saturated heterocycles. The van der Waals surface area contributed by atoms with Crippen LogP contribution in [0.3, 0.4) is 0 Å². The van der Waals surface area contributed by atoms with Crippen molar-refractivity contribution in [2.45, 2.75) is 116 Å². The van der Waals surface area contributed by atoms with E-state index in [0.29, 0.717) is 24.1 Å². The molecule has 3 heterocycles. The maximum Gasteiger partial charge on any atom is 0.326 e. The number of nitrogens with one attached hydrogen (secondary N) is 7. The normalized spacial score (nSPS) is 16.9. The van der Waals surface area contributed by atoms with E-state index >= 15 is 0 Å². The van der Waals surface area contributed by atoms with E-state index in [-0.39, 0.29) is 38.1 Å². The Balaban J connectivity index is 1.48. The van der Waals surface area contributed by atoms with Crippen molar-refractivity contribution in [3.63, 3.8) is 0 Å². The Morgan fingerprint density at radius 3 is 2.15 bits per heavy atom. The molecule has 1 aliphatic rings. The number of aromatic amines is 2. The number of fused-ring (bicyclic) bond motifs is 1. The fraction of sp³-hybridized carbons (Fsp3) is 0.525. The molecule has 0 saturated carbocycles. The van der Waals surface area contributed by atoms with Crippen LogP contribution in [0.25, 0.3) is 10.9 Å². The summed E-state index contributed by atoms with van der Waals surface area (Å²) in [6.45, 7) is 8.41. The van der Waals surface area contributed by atoms with Gasteiger partial charge in [0.05, 0.1) is 12.7 Å². The number of benzene rings is 1. The highest BCUT2D eigenvalue weighted by molar-refractivity contribution is 5.98. The molecule has 1 fully saturated rings. The lowest BCUT2D eigenvalue weighted by atomic mass is 9.96. The third kappa shape index (κ3) is 12.6. The number of hydrogen-bond donors (Lipinski definition) is 9. The first kappa shape index (κ1) is 45.4. The molecule has 4 rings (SSSR count). The van der Waals surface area contributed by atoms with Gasteiger partial charge in [-0.2, -0.15) is 0 Å². The number of rotatable bonds is 21. The van der Waals surface area contributed by atoms with E-state index in [1.807, 2.05) is 24.3 Å². The van der Waals surface area contributed by atoms with Crippen molar-refractivity contribution in [2.24, 2.45) is 11.8 Å². The molecule has 0 bridgehead atoms. The zero-order chi connectivity index (χ0) is 43.4. The van der Waals surface area contributed by atoms with Gasteiger partial charge in [0.15, 0.2) is 0 Å². The van der Waals surface area contributed by atoms with Crippen molar-refractivity contribution in [1.29, 1.82) is 0 Å². The van der Waals surface area contributed by atoms with Crippen molar-refractivity contribution in [2.75, 3.05) is 6.54 Å². The number of likely N-dealkylation sites (tertiary alicyclic amines) is 1. The van der Waals surface area contributed by atoms with Crippen LogP contribution in [0.5, 0.6) is 0 Å². The van der Waals surface area contributed by atoms with E-state index in [2.05, 4.69) is 41.5 Å². The molecule has 1 aliphatic heterocycles. The number of amides is 6. The molecule has 0 radical (unpaired) electrons. The molecule has 3 aromatic rings. The van der Waals surface area contributed by atoms with Gasteiger partial charge < -0.3 is 51.7 Å². The maximum absolute atomic E-state index is 14.1. The summed E-state index contributed by atoms with van der Waals surface area (Å²) in [5.41, 5.74) is 2.03. The average Bonchev–Trinajstić information content (AvgIpc) is 3.97. The highest BCUT2D eigenvalue weighted by Crippen LogP contribution is 2.22. The molecule has 2 aromatic heterocycles. The fourth-order valence-electron chi connectivity index (χ4n) is 7.13. The summed E-state index contributed by atoms with van der Waals surface area (Å²) in [4.78, 5) is 116. The minimum absolute atomic E-state index is 0.0311. The number of nitrogens with zero attached hydrogens (tertiary/aromatic N) is 2. The van der Waals surface area contributed by atoms with Crippen LogP contribution in [0.2, 0.25) is 0 Å². The van der Waals surface area contributed by atoms with Crippen LogP contribution in [-0.2, 0) is 51.2 Å². The third-order valence-corrected chi connectivity index (χ3v) is 10.4. The largest absolute Gasteiger partial charge is 0.481 e. The van der Waals surface area contributed by atoms with Crippen molar-refractivity contribution in [1.82, 2.24) is 46.4 Å². The van der Waals surface area contributed by atoms with Gasteiger partial charge in [-0.15, -0.1) is 0 Å². The molecule has 0 unspecified atom stereocenters.